The normalized spacial score (nSPS) is 14.5. The van der Waals surface area contributed by atoms with Gasteiger partial charge in [-0.2, -0.15) is 6.42 Å². The first-order chi connectivity index (χ1) is 17.0. The number of benzene rings is 1. The molecule has 8 heteroatoms. The Morgan fingerprint density at radius 3 is 2.53 bits per heavy atom. The molecule has 0 bridgehead atoms. The minimum atomic E-state index is -0.00634. The summed E-state index contributed by atoms with van der Waals surface area (Å²) in [7, 11) is 0. The second-order valence-corrected chi connectivity index (χ2v) is 8.55. The number of hydrogen-bond acceptors (Lipinski definition) is 5. The number of allylic oxidation sites excluding steroid dienone is 2. The Labute approximate surface area is 238 Å². The predicted molar refractivity (Wildman–Crippen MR) is 138 cm³/mol. The molecule has 0 atom stereocenters. The SMILES string of the molecule is C=C/C1=C(\C=C)c2nnn(CCCC[C-]=O)c2-c2ccccc2N(C(=O)CCCCC(=O)CC)C1.[Y]. The summed E-state index contributed by atoms with van der Waals surface area (Å²) < 4.78 is 1.84. The number of hydrogen-bond donors (Lipinski definition) is 0. The molecule has 1 amide bonds. The van der Waals surface area contributed by atoms with Gasteiger partial charge >= 0.3 is 0 Å². The fraction of sp³-hybridized carbons (Fsp3) is 0.393. The van der Waals surface area contributed by atoms with E-state index in [1.165, 1.54) is 0 Å². The number of unbranched alkanes of at least 4 members (excludes halogenated alkanes) is 3. The molecule has 187 valence electrons. The van der Waals surface area contributed by atoms with Gasteiger partial charge in [0.15, 0.2) is 0 Å². The molecule has 2 heterocycles. The van der Waals surface area contributed by atoms with E-state index in [1.807, 2.05) is 42.2 Å². The number of amides is 1. The Balaban J connectivity index is 0.00000456. The minimum Gasteiger partial charge on any atom is -0.542 e. The summed E-state index contributed by atoms with van der Waals surface area (Å²) in [5.74, 6) is 0.217. The minimum absolute atomic E-state index is 0. The number of para-hydroxylation sites is 1. The van der Waals surface area contributed by atoms with E-state index in [0.717, 1.165) is 34.5 Å². The fourth-order valence-corrected chi connectivity index (χ4v) is 4.31. The molecule has 7 nitrogen and oxygen atoms in total. The van der Waals surface area contributed by atoms with Gasteiger partial charge in [-0.25, -0.2) is 4.68 Å². The summed E-state index contributed by atoms with van der Waals surface area (Å²) in [5.41, 5.74) is 4.81. The third-order valence-electron chi connectivity index (χ3n) is 6.26. The van der Waals surface area contributed by atoms with Crippen molar-refractivity contribution < 1.29 is 47.1 Å². The van der Waals surface area contributed by atoms with Gasteiger partial charge in [0, 0.05) is 69.7 Å². The summed E-state index contributed by atoms with van der Waals surface area (Å²) in [6.45, 7) is 10.8. The van der Waals surface area contributed by atoms with Gasteiger partial charge in [0.05, 0.1) is 17.9 Å². The van der Waals surface area contributed by atoms with Gasteiger partial charge in [0.2, 0.25) is 5.91 Å². The van der Waals surface area contributed by atoms with Crippen LogP contribution in [-0.4, -0.2) is 39.5 Å². The molecule has 0 saturated carbocycles. The van der Waals surface area contributed by atoms with Gasteiger partial charge in [-0.15, -0.1) is 5.10 Å². The first-order valence-electron chi connectivity index (χ1n) is 12.2. The van der Waals surface area contributed by atoms with Crippen molar-refractivity contribution in [3.8, 4) is 11.3 Å². The van der Waals surface area contributed by atoms with Crippen LogP contribution in [0.3, 0.4) is 0 Å². The largest absolute Gasteiger partial charge is 0.542 e. The van der Waals surface area contributed by atoms with Gasteiger partial charge in [-0.1, -0.05) is 62.1 Å². The molecule has 0 fully saturated rings. The number of carbonyl (C=O) groups excluding carboxylic acids is 3. The molecule has 0 unspecified atom stereocenters. The van der Waals surface area contributed by atoms with Crippen LogP contribution < -0.4 is 4.90 Å². The smallest absolute Gasteiger partial charge is 0.227 e. The van der Waals surface area contributed by atoms with Crippen molar-refractivity contribution >= 4 is 29.2 Å². The van der Waals surface area contributed by atoms with Crippen molar-refractivity contribution in [1.82, 2.24) is 15.0 Å². The maximum Gasteiger partial charge on any atom is 0.227 e. The Bertz CT molecular complexity index is 1140. The molecule has 1 aliphatic heterocycles. The number of aromatic nitrogens is 3. The van der Waals surface area contributed by atoms with Crippen LogP contribution in [-0.2, 0) is 53.6 Å². The standard InChI is InChI=1S/C28H33N4O3.Y/c1-4-21-20-31(26(35)17-11-8-14-22(34)5-2)25-16-10-9-15-24(25)28-27(23(21)6-3)29-30-32(28)18-12-7-13-19-33;/h4,6,9-10,15-16H,1,3,5,7-8,11-14,17-18,20H2,2H3;/q-1;/b23-21-;. The van der Waals surface area contributed by atoms with Crippen LogP contribution in [0.15, 0.2) is 55.1 Å². The van der Waals surface area contributed by atoms with Gasteiger partial charge in [0.25, 0.3) is 0 Å². The summed E-state index contributed by atoms with van der Waals surface area (Å²) in [6.07, 6.45) is 10.0. The maximum absolute atomic E-state index is 13.5. The van der Waals surface area contributed by atoms with E-state index in [2.05, 4.69) is 23.5 Å². The molecule has 0 N–H and O–H groups in total. The Morgan fingerprint density at radius 2 is 1.83 bits per heavy atom. The van der Waals surface area contributed by atoms with Crippen LogP contribution in [0.4, 0.5) is 5.69 Å². The van der Waals surface area contributed by atoms with Crippen molar-refractivity contribution in [3.63, 3.8) is 0 Å². The molecule has 0 aliphatic carbocycles. The fourth-order valence-electron chi connectivity index (χ4n) is 4.31. The Morgan fingerprint density at radius 1 is 1.08 bits per heavy atom. The topological polar surface area (TPSA) is 85.2 Å². The van der Waals surface area contributed by atoms with Crippen LogP contribution in [0.1, 0.15) is 64.0 Å². The second kappa shape index (κ2) is 14.9. The van der Waals surface area contributed by atoms with E-state index >= 15 is 0 Å². The predicted octanol–water partition coefficient (Wildman–Crippen LogP) is 5.23. The van der Waals surface area contributed by atoms with E-state index in [4.69, 9.17) is 0 Å². The number of Topliss-reactive ketones (excluding diaryl/α,β-unsaturated/α-hetero) is 1. The first kappa shape index (κ1) is 29.7. The molecule has 1 aliphatic rings. The maximum atomic E-state index is 13.5. The van der Waals surface area contributed by atoms with Gasteiger partial charge in [-0.05, 0) is 30.9 Å². The third kappa shape index (κ3) is 7.04. The van der Waals surface area contributed by atoms with Crippen molar-refractivity contribution in [2.45, 2.75) is 64.8 Å². The monoisotopic (exact) mass is 562 g/mol. The van der Waals surface area contributed by atoms with Crippen LogP contribution >= 0.6 is 0 Å². The first-order valence-corrected chi connectivity index (χ1v) is 12.2. The second-order valence-electron chi connectivity index (χ2n) is 8.55. The number of fused-ring (bicyclic) bond motifs is 3. The van der Waals surface area contributed by atoms with E-state index < -0.39 is 0 Å². The summed E-state index contributed by atoms with van der Waals surface area (Å²) in [6, 6.07) is 7.77. The van der Waals surface area contributed by atoms with Crippen LogP contribution in [0.25, 0.3) is 16.8 Å². The number of anilines is 1. The van der Waals surface area contributed by atoms with Gasteiger partial charge in [0.1, 0.15) is 11.5 Å². The van der Waals surface area contributed by atoms with Crippen LogP contribution in [0, 0.1) is 0 Å². The average molecular weight is 563 g/mol. The van der Waals surface area contributed by atoms with Crippen LogP contribution in [0.2, 0.25) is 0 Å². The number of rotatable bonds is 13. The number of nitrogens with zero attached hydrogens (tertiary/aromatic N) is 4. The van der Waals surface area contributed by atoms with Gasteiger partial charge < -0.3 is 9.69 Å². The molecule has 1 radical (unpaired) electrons. The average Bonchev–Trinajstić information content (AvgIpc) is 3.28. The zero-order chi connectivity index (χ0) is 25.2. The third-order valence-corrected chi connectivity index (χ3v) is 6.26. The zero-order valence-electron chi connectivity index (χ0n) is 21.0. The molecule has 0 saturated heterocycles. The van der Waals surface area contributed by atoms with Crippen molar-refractivity contribution in [2.75, 3.05) is 11.4 Å². The number of carbonyl (C=O) groups is 2. The molecule has 1 aromatic carbocycles. The number of aryl methyl sites for hydroxylation is 1. The Kier molecular flexibility index (Phi) is 12.3. The quantitative estimate of drug-likeness (QED) is 0.247. The zero-order valence-corrected chi connectivity index (χ0v) is 23.9. The number of ketones is 1. The molecular formula is C28H33N4O3Y-. The summed E-state index contributed by atoms with van der Waals surface area (Å²) in [5, 5.41) is 8.90. The summed E-state index contributed by atoms with van der Waals surface area (Å²) >= 11 is 0. The molecule has 36 heavy (non-hydrogen) atoms. The molecule has 1 aromatic heterocycles. The summed E-state index contributed by atoms with van der Waals surface area (Å²) in [4.78, 5) is 37.5. The van der Waals surface area contributed by atoms with Crippen molar-refractivity contribution in [2.24, 2.45) is 0 Å². The van der Waals surface area contributed by atoms with Crippen molar-refractivity contribution in [3.05, 3.63) is 60.8 Å². The van der Waals surface area contributed by atoms with Crippen LogP contribution in [0.5, 0.6) is 0 Å². The molecule has 3 rings (SSSR count). The van der Waals surface area contributed by atoms with E-state index in [1.54, 1.807) is 17.1 Å². The molecular weight excluding hydrogens is 529 g/mol. The molecule has 0 spiro atoms. The van der Waals surface area contributed by atoms with Crippen molar-refractivity contribution in [1.29, 1.82) is 0 Å². The van der Waals surface area contributed by atoms with E-state index in [9.17, 15) is 14.4 Å². The molecule has 2 aromatic rings. The van der Waals surface area contributed by atoms with E-state index in [0.29, 0.717) is 63.7 Å². The Hall–Kier alpha value is -2.51. The van der Waals surface area contributed by atoms with E-state index in [-0.39, 0.29) is 44.4 Å². The van der Waals surface area contributed by atoms with Gasteiger partial charge in [-0.3, -0.25) is 15.9 Å².